The molecule has 0 saturated heterocycles. The van der Waals surface area contributed by atoms with Crippen LogP contribution in [0, 0.1) is 6.92 Å². The zero-order chi connectivity index (χ0) is 22.6. The number of benzene rings is 2. The van der Waals surface area contributed by atoms with Gasteiger partial charge in [-0.2, -0.15) is 13.2 Å². The first-order valence-electron chi connectivity index (χ1n) is 9.82. The molecule has 166 valence electrons. The van der Waals surface area contributed by atoms with Gasteiger partial charge in [-0.3, -0.25) is 4.79 Å². The minimum absolute atomic E-state index is 0.00186. The van der Waals surface area contributed by atoms with Gasteiger partial charge in [0.05, 0.1) is 13.2 Å². The van der Waals surface area contributed by atoms with Crippen LogP contribution >= 0.6 is 0 Å². The van der Waals surface area contributed by atoms with Crippen molar-refractivity contribution in [3.05, 3.63) is 59.4 Å². The number of carbonyl (C=O) groups is 1. The molecule has 31 heavy (non-hydrogen) atoms. The number of hydrogen-bond donors (Lipinski definition) is 1. The highest BCUT2D eigenvalue weighted by Crippen LogP contribution is 2.31. The van der Waals surface area contributed by atoms with Crippen LogP contribution in [-0.4, -0.2) is 25.8 Å². The molecule has 8 heteroatoms. The average Bonchev–Trinajstić information content (AvgIpc) is 3.07. The highest BCUT2D eigenvalue weighted by Gasteiger charge is 2.29. The van der Waals surface area contributed by atoms with E-state index >= 15 is 0 Å². The smallest absolute Gasteiger partial charge is 0.422 e. The number of methoxy groups -OCH3 is 1. The lowest BCUT2D eigenvalue weighted by atomic mass is 10.1. The molecule has 1 amide bonds. The zero-order valence-electron chi connectivity index (χ0n) is 17.5. The van der Waals surface area contributed by atoms with Crippen molar-refractivity contribution >= 4 is 16.9 Å². The molecule has 0 spiro atoms. The summed E-state index contributed by atoms with van der Waals surface area (Å²) in [6.45, 7) is 2.42. The number of halogens is 3. The quantitative estimate of drug-likeness (QED) is 0.508. The molecule has 2 aromatic carbocycles. The van der Waals surface area contributed by atoms with Crippen LogP contribution in [0.1, 0.15) is 36.3 Å². The van der Waals surface area contributed by atoms with E-state index in [4.69, 9.17) is 13.9 Å². The SMILES string of the molecule is COc1cc(CCC(=O)NC(C)c2oc3ccccc3c2C)ccc1OCC(F)(F)F. The molecule has 3 aromatic rings. The Morgan fingerprint density at radius 1 is 1.16 bits per heavy atom. The summed E-state index contributed by atoms with van der Waals surface area (Å²) in [5, 5.41) is 3.94. The molecule has 1 heterocycles. The molecule has 0 fully saturated rings. The fourth-order valence-corrected chi connectivity index (χ4v) is 3.39. The Kier molecular flexibility index (Phi) is 6.77. The Morgan fingerprint density at radius 3 is 2.58 bits per heavy atom. The van der Waals surface area contributed by atoms with Crippen LogP contribution in [0.4, 0.5) is 13.2 Å². The lowest BCUT2D eigenvalue weighted by Crippen LogP contribution is -2.27. The van der Waals surface area contributed by atoms with E-state index in [0.717, 1.165) is 22.1 Å². The highest BCUT2D eigenvalue weighted by molar-refractivity contribution is 5.82. The summed E-state index contributed by atoms with van der Waals surface area (Å²) in [6.07, 6.45) is -3.83. The fraction of sp³-hybridized carbons (Fsp3) is 0.348. The van der Waals surface area contributed by atoms with Crippen molar-refractivity contribution in [3.63, 3.8) is 0 Å². The van der Waals surface area contributed by atoms with Gasteiger partial charge in [-0.1, -0.05) is 24.3 Å². The van der Waals surface area contributed by atoms with Crippen molar-refractivity contribution in [2.75, 3.05) is 13.7 Å². The van der Waals surface area contributed by atoms with Crippen LogP contribution in [0.25, 0.3) is 11.0 Å². The minimum atomic E-state index is -4.43. The molecule has 0 radical (unpaired) electrons. The van der Waals surface area contributed by atoms with Gasteiger partial charge in [0.25, 0.3) is 0 Å². The first-order valence-corrected chi connectivity index (χ1v) is 9.82. The molecule has 0 aliphatic carbocycles. The normalized spacial score (nSPS) is 12.6. The summed E-state index contributed by atoms with van der Waals surface area (Å²) in [5.41, 5.74) is 2.51. The maximum atomic E-state index is 12.4. The Labute approximate surface area is 178 Å². The van der Waals surface area contributed by atoms with E-state index in [9.17, 15) is 18.0 Å². The number of rotatable bonds is 8. The second-order valence-corrected chi connectivity index (χ2v) is 7.27. The van der Waals surface area contributed by atoms with Gasteiger partial charge in [-0.05, 0) is 44.0 Å². The number of alkyl halides is 3. The molecule has 5 nitrogen and oxygen atoms in total. The summed E-state index contributed by atoms with van der Waals surface area (Å²) in [4.78, 5) is 12.4. The number of hydrogen-bond acceptors (Lipinski definition) is 4. The summed E-state index contributed by atoms with van der Waals surface area (Å²) >= 11 is 0. The zero-order valence-corrected chi connectivity index (χ0v) is 17.5. The predicted molar refractivity (Wildman–Crippen MR) is 110 cm³/mol. The number of ether oxygens (including phenoxy) is 2. The van der Waals surface area contributed by atoms with E-state index in [1.807, 2.05) is 38.1 Å². The van der Waals surface area contributed by atoms with E-state index in [1.165, 1.54) is 13.2 Å². The molecule has 3 rings (SSSR count). The number of fused-ring (bicyclic) bond motifs is 1. The van der Waals surface area contributed by atoms with Crippen molar-refractivity contribution < 1.29 is 31.9 Å². The summed E-state index contributed by atoms with van der Waals surface area (Å²) in [5.74, 6) is 0.738. The molecule has 1 atom stereocenters. The molecule has 0 saturated carbocycles. The molecular weight excluding hydrogens is 411 g/mol. The molecule has 0 bridgehead atoms. The first kappa shape index (κ1) is 22.5. The molecular formula is C23H24F3NO4. The number of aryl methyl sites for hydroxylation is 2. The number of carbonyl (C=O) groups excluding carboxylic acids is 1. The molecule has 1 aromatic heterocycles. The second kappa shape index (κ2) is 9.32. The Hall–Kier alpha value is -3.16. The third kappa shape index (κ3) is 5.71. The molecule has 1 unspecified atom stereocenters. The topological polar surface area (TPSA) is 60.7 Å². The van der Waals surface area contributed by atoms with Crippen LogP contribution in [0.3, 0.4) is 0 Å². The summed E-state index contributed by atoms with van der Waals surface area (Å²) in [7, 11) is 1.35. The number of para-hydroxylation sites is 1. The highest BCUT2D eigenvalue weighted by atomic mass is 19.4. The average molecular weight is 435 g/mol. The first-order chi connectivity index (χ1) is 14.7. The van der Waals surface area contributed by atoms with Gasteiger partial charge < -0.3 is 19.2 Å². The van der Waals surface area contributed by atoms with E-state index < -0.39 is 12.8 Å². The van der Waals surface area contributed by atoms with E-state index in [-0.39, 0.29) is 29.9 Å². The molecule has 1 N–H and O–H groups in total. The van der Waals surface area contributed by atoms with E-state index in [0.29, 0.717) is 12.2 Å². The minimum Gasteiger partial charge on any atom is -0.493 e. The van der Waals surface area contributed by atoms with Crippen molar-refractivity contribution in [3.8, 4) is 11.5 Å². The van der Waals surface area contributed by atoms with Gasteiger partial charge in [0.2, 0.25) is 5.91 Å². The van der Waals surface area contributed by atoms with E-state index in [2.05, 4.69) is 5.32 Å². The van der Waals surface area contributed by atoms with Crippen molar-refractivity contribution in [1.29, 1.82) is 0 Å². The van der Waals surface area contributed by atoms with E-state index in [1.54, 1.807) is 12.1 Å². The second-order valence-electron chi connectivity index (χ2n) is 7.27. The Balaban J connectivity index is 1.59. The van der Waals surface area contributed by atoms with Crippen molar-refractivity contribution in [1.82, 2.24) is 5.32 Å². The predicted octanol–water partition coefficient (Wildman–Crippen LogP) is 5.50. The lowest BCUT2D eigenvalue weighted by molar-refractivity contribution is -0.153. The van der Waals surface area contributed by atoms with Gasteiger partial charge in [-0.25, -0.2) is 0 Å². The van der Waals surface area contributed by atoms with Crippen LogP contribution in [0.2, 0.25) is 0 Å². The van der Waals surface area contributed by atoms with Gasteiger partial charge in [0.15, 0.2) is 18.1 Å². The van der Waals surface area contributed by atoms with Crippen molar-refractivity contribution in [2.24, 2.45) is 0 Å². The van der Waals surface area contributed by atoms with Crippen molar-refractivity contribution in [2.45, 2.75) is 38.9 Å². The van der Waals surface area contributed by atoms with Crippen LogP contribution < -0.4 is 14.8 Å². The van der Waals surface area contributed by atoms with Gasteiger partial charge in [0.1, 0.15) is 11.3 Å². The van der Waals surface area contributed by atoms with Crippen LogP contribution in [0.5, 0.6) is 11.5 Å². The maximum absolute atomic E-state index is 12.4. The van der Waals surface area contributed by atoms with Gasteiger partial charge in [0, 0.05) is 17.4 Å². The van der Waals surface area contributed by atoms with Crippen LogP contribution in [0.15, 0.2) is 46.9 Å². The maximum Gasteiger partial charge on any atom is 0.422 e. The van der Waals surface area contributed by atoms with Gasteiger partial charge in [-0.15, -0.1) is 0 Å². The fourth-order valence-electron chi connectivity index (χ4n) is 3.39. The number of nitrogens with one attached hydrogen (secondary N) is 1. The van der Waals surface area contributed by atoms with Crippen LogP contribution in [-0.2, 0) is 11.2 Å². The Morgan fingerprint density at radius 2 is 1.90 bits per heavy atom. The number of furan rings is 1. The number of amides is 1. The third-order valence-electron chi connectivity index (χ3n) is 4.91. The molecule has 0 aliphatic heterocycles. The summed E-state index contributed by atoms with van der Waals surface area (Å²) in [6, 6.07) is 12.0. The summed E-state index contributed by atoms with van der Waals surface area (Å²) < 4.78 is 52.9. The lowest BCUT2D eigenvalue weighted by Gasteiger charge is -2.14. The largest absolute Gasteiger partial charge is 0.493 e. The van der Waals surface area contributed by atoms with Gasteiger partial charge >= 0.3 is 6.18 Å². The monoisotopic (exact) mass is 435 g/mol. The third-order valence-corrected chi connectivity index (χ3v) is 4.91. The standard InChI is InChI=1S/C23H24F3NO4/c1-14-17-6-4-5-7-18(17)31-22(14)15(2)27-21(28)11-9-16-8-10-19(20(12-16)29-3)30-13-23(24,25)26/h4-8,10,12,15H,9,11,13H2,1-3H3,(H,27,28). The Bertz CT molecular complexity index is 1060. The molecule has 0 aliphatic rings.